The fourth-order valence-electron chi connectivity index (χ4n) is 3.94. The highest BCUT2D eigenvalue weighted by molar-refractivity contribution is 7.10. The predicted molar refractivity (Wildman–Crippen MR) is 117 cm³/mol. The third-order valence-corrected chi connectivity index (χ3v) is 6.68. The van der Waals surface area contributed by atoms with Crippen LogP contribution in [0.3, 0.4) is 0 Å². The summed E-state index contributed by atoms with van der Waals surface area (Å²) in [6.45, 7) is 13.7. The molecular weight excluding hydrogens is 370 g/mol. The second-order valence-corrected chi connectivity index (χ2v) is 9.23. The third-order valence-electron chi connectivity index (χ3n) is 5.65. The molecular formula is C21H35N5OS. The molecule has 0 aliphatic carbocycles. The normalized spacial score (nSPS) is 21.7. The average Bonchev–Trinajstić information content (AvgIpc) is 3.33. The highest BCUT2D eigenvalue weighted by atomic mass is 32.1. The van der Waals surface area contributed by atoms with E-state index in [0.717, 1.165) is 58.1 Å². The molecule has 0 bridgehead atoms. The van der Waals surface area contributed by atoms with Gasteiger partial charge in [0.25, 0.3) is 0 Å². The van der Waals surface area contributed by atoms with Crippen LogP contribution in [0.2, 0.25) is 0 Å². The molecule has 0 spiro atoms. The standard InChI is InChI=1S/C21H35N5OS/c1-5-22-21(24-18-6-9-26(14-18)20(27)15(2)3)23-12-16(4)25-10-7-19-17(13-25)8-11-28-19/h8,11,15-16,18H,5-7,9-10,12-14H2,1-4H3,(H2,22,23,24). The quantitative estimate of drug-likeness (QED) is 0.563. The molecule has 6 nitrogen and oxygen atoms in total. The Kier molecular flexibility index (Phi) is 7.35. The first-order valence-corrected chi connectivity index (χ1v) is 11.5. The molecule has 1 saturated heterocycles. The number of thiophene rings is 1. The molecule has 2 N–H and O–H groups in total. The van der Waals surface area contributed by atoms with E-state index in [0.29, 0.717) is 6.04 Å². The van der Waals surface area contributed by atoms with Crippen molar-refractivity contribution in [2.24, 2.45) is 10.9 Å². The highest BCUT2D eigenvalue weighted by Gasteiger charge is 2.28. The minimum absolute atomic E-state index is 0.0646. The molecule has 1 aromatic rings. The molecule has 1 amide bonds. The van der Waals surface area contributed by atoms with Crippen LogP contribution < -0.4 is 10.6 Å². The van der Waals surface area contributed by atoms with Crippen molar-refractivity contribution in [3.63, 3.8) is 0 Å². The zero-order valence-electron chi connectivity index (χ0n) is 17.7. The van der Waals surface area contributed by atoms with E-state index in [1.807, 2.05) is 30.1 Å². The first-order chi connectivity index (χ1) is 13.5. The Morgan fingerprint density at radius 1 is 1.36 bits per heavy atom. The Labute approximate surface area is 173 Å². The molecule has 7 heteroatoms. The Bertz CT molecular complexity index is 686. The Balaban J connectivity index is 1.52. The van der Waals surface area contributed by atoms with E-state index in [9.17, 15) is 4.79 Å². The monoisotopic (exact) mass is 405 g/mol. The van der Waals surface area contributed by atoms with Crippen molar-refractivity contribution >= 4 is 23.2 Å². The van der Waals surface area contributed by atoms with Crippen molar-refractivity contribution in [2.75, 3.05) is 32.7 Å². The molecule has 2 atom stereocenters. The molecule has 2 aliphatic rings. The maximum atomic E-state index is 12.2. The SMILES string of the molecule is CCNC(=NCC(C)N1CCc2sccc2C1)NC1CCN(C(=O)C(C)C)C1. The van der Waals surface area contributed by atoms with Crippen molar-refractivity contribution in [1.82, 2.24) is 20.4 Å². The number of nitrogens with one attached hydrogen (secondary N) is 2. The topological polar surface area (TPSA) is 60.0 Å². The number of amides is 1. The van der Waals surface area contributed by atoms with E-state index < -0.39 is 0 Å². The summed E-state index contributed by atoms with van der Waals surface area (Å²) < 4.78 is 0. The molecule has 0 radical (unpaired) electrons. The van der Waals surface area contributed by atoms with Gasteiger partial charge in [-0.2, -0.15) is 0 Å². The van der Waals surface area contributed by atoms with Crippen LogP contribution >= 0.6 is 11.3 Å². The van der Waals surface area contributed by atoms with Gasteiger partial charge >= 0.3 is 0 Å². The lowest BCUT2D eigenvalue weighted by atomic mass is 10.1. The fourth-order valence-corrected chi connectivity index (χ4v) is 4.83. The van der Waals surface area contributed by atoms with E-state index in [-0.39, 0.29) is 17.9 Å². The zero-order chi connectivity index (χ0) is 20.1. The van der Waals surface area contributed by atoms with Gasteiger partial charge in [-0.3, -0.25) is 14.7 Å². The van der Waals surface area contributed by atoms with Crippen LogP contribution in [0.5, 0.6) is 0 Å². The number of nitrogens with zero attached hydrogens (tertiary/aromatic N) is 3. The minimum atomic E-state index is 0.0646. The Morgan fingerprint density at radius 2 is 2.18 bits per heavy atom. The lowest BCUT2D eigenvalue weighted by Gasteiger charge is -2.31. The van der Waals surface area contributed by atoms with Gasteiger partial charge in [-0.05, 0) is 43.7 Å². The molecule has 1 aromatic heterocycles. The summed E-state index contributed by atoms with van der Waals surface area (Å²) in [7, 11) is 0. The number of carbonyl (C=O) groups excluding carboxylic acids is 1. The number of aliphatic imine (C=N–C) groups is 1. The van der Waals surface area contributed by atoms with Crippen LogP contribution in [0, 0.1) is 5.92 Å². The lowest BCUT2D eigenvalue weighted by molar-refractivity contribution is -0.133. The third kappa shape index (κ3) is 5.26. The highest BCUT2D eigenvalue weighted by Crippen LogP contribution is 2.25. The maximum Gasteiger partial charge on any atom is 0.225 e. The number of carbonyl (C=O) groups is 1. The Morgan fingerprint density at radius 3 is 2.93 bits per heavy atom. The number of hydrogen-bond acceptors (Lipinski definition) is 4. The van der Waals surface area contributed by atoms with Gasteiger partial charge in [-0.1, -0.05) is 13.8 Å². The van der Waals surface area contributed by atoms with Gasteiger partial charge in [0.2, 0.25) is 5.91 Å². The van der Waals surface area contributed by atoms with Gasteiger partial charge in [-0.15, -0.1) is 11.3 Å². The van der Waals surface area contributed by atoms with Gasteiger partial charge in [0.15, 0.2) is 5.96 Å². The van der Waals surface area contributed by atoms with Crippen molar-refractivity contribution < 1.29 is 4.79 Å². The van der Waals surface area contributed by atoms with E-state index in [4.69, 9.17) is 4.99 Å². The summed E-state index contributed by atoms with van der Waals surface area (Å²) in [6, 6.07) is 2.95. The molecule has 156 valence electrons. The second kappa shape index (κ2) is 9.74. The average molecular weight is 406 g/mol. The van der Waals surface area contributed by atoms with Gasteiger partial charge in [0.05, 0.1) is 6.54 Å². The van der Waals surface area contributed by atoms with Gasteiger partial charge < -0.3 is 15.5 Å². The largest absolute Gasteiger partial charge is 0.357 e. The van der Waals surface area contributed by atoms with Gasteiger partial charge in [0.1, 0.15) is 0 Å². The smallest absolute Gasteiger partial charge is 0.225 e. The summed E-state index contributed by atoms with van der Waals surface area (Å²) in [5, 5.41) is 9.11. The van der Waals surface area contributed by atoms with Crippen LogP contribution in [-0.4, -0.2) is 66.5 Å². The molecule has 3 rings (SSSR count). The van der Waals surface area contributed by atoms with E-state index in [1.54, 1.807) is 4.88 Å². The van der Waals surface area contributed by atoms with Crippen molar-refractivity contribution in [2.45, 2.75) is 59.2 Å². The molecule has 2 unspecified atom stereocenters. The summed E-state index contributed by atoms with van der Waals surface area (Å²) in [6.07, 6.45) is 2.13. The predicted octanol–water partition coefficient (Wildman–Crippen LogP) is 2.31. The number of likely N-dealkylation sites (tertiary alicyclic amines) is 1. The summed E-state index contributed by atoms with van der Waals surface area (Å²) in [5.41, 5.74) is 1.48. The van der Waals surface area contributed by atoms with Crippen molar-refractivity contribution in [1.29, 1.82) is 0 Å². The Hall–Kier alpha value is -1.60. The van der Waals surface area contributed by atoms with Crippen molar-refractivity contribution in [3.8, 4) is 0 Å². The zero-order valence-corrected chi connectivity index (χ0v) is 18.5. The number of rotatable bonds is 6. The molecule has 28 heavy (non-hydrogen) atoms. The molecule has 1 fully saturated rings. The van der Waals surface area contributed by atoms with E-state index in [1.165, 1.54) is 5.56 Å². The summed E-state index contributed by atoms with van der Waals surface area (Å²) in [5.74, 6) is 1.18. The molecule has 0 saturated carbocycles. The van der Waals surface area contributed by atoms with Gasteiger partial charge in [0, 0.05) is 55.6 Å². The maximum absolute atomic E-state index is 12.2. The number of fused-ring (bicyclic) bond motifs is 1. The molecule has 0 aromatic carbocycles. The van der Waals surface area contributed by atoms with E-state index in [2.05, 4.69) is 40.8 Å². The molecule has 3 heterocycles. The lowest BCUT2D eigenvalue weighted by Crippen LogP contribution is -2.46. The second-order valence-electron chi connectivity index (χ2n) is 8.23. The fraction of sp³-hybridized carbons (Fsp3) is 0.714. The number of hydrogen-bond donors (Lipinski definition) is 2. The minimum Gasteiger partial charge on any atom is -0.357 e. The van der Waals surface area contributed by atoms with Crippen molar-refractivity contribution in [3.05, 3.63) is 21.9 Å². The first-order valence-electron chi connectivity index (χ1n) is 10.6. The van der Waals surface area contributed by atoms with E-state index >= 15 is 0 Å². The summed E-state index contributed by atoms with van der Waals surface area (Å²) in [4.78, 5) is 23.1. The summed E-state index contributed by atoms with van der Waals surface area (Å²) >= 11 is 1.88. The van der Waals surface area contributed by atoms with Gasteiger partial charge in [-0.25, -0.2) is 0 Å². The molecule has 2 aliphatic heterocycles. The van der Waals surface area contributed by atoms with Crippen LogP contribution in [0.25, 0.3) is 0 Å². The van der Waals surface area contributed by atoms with Crippen LogP contribution in [-0.2, 0) is 17.8 Å². The van der Waals surface area contributed by atoms with Crippen LogP contribution in [0.1, 0.15) is 44.6 Å². The van der Waals surface area contributed by atoms with Crippen LogP contribution in [0.4, 0.5) is 0 Å². The first kappa shape index (κ1) is 21.1. The van der Waals surface area contributed by atoms with Crippen LogP contribution in [0.15, 0.2) is 16.4 Å². The number of guanidine groups is 1.